The van der Waals surface area contributed by atoms with E-state index in [1.165, 1.54) is 0 Å². The summed E-state index contributed by atoms with van der Waals surface area (Å²) >= 11 is 0. The number of allylic oxidation sites excluding steroid dienone is 2. The number of carbonyl (C=O) groups excluding carboxylic acids is 1. The molecule has 0 saturated heterocycles. The number of nitrogens with one attached hydrogen (secondary N) is 1. The quantitative estimate of drug-likeness (QED) is 0.668. The summed E-state index contributed by atoms with van der Waals surface area (Å²) in [5.41, 5.74) is 2.30. The van der Waals surface area contributed by atoms with Gasteiger partial charge >= 0.3 is 0 Å². The molecule has 0 bridgehead atoms. The first-order valence-corrected chi connectivity index (χ1v) is 6.23. The van der Waals surface area contributed by atoms with Gasteiger partial charge in [-0.15, -0.1) is 0 Å². The molecule has 2 aromatic rings. The fraction of sp³-hybridized carbons (Fsp3) is 0.125. The summed E-state index contributed by atoms with van der Waals surface area (Å²) in [6, 6.07) is 10.7. The molecule has 1 N–H and O–H groups in total. The molecule has 0 saturated carbocycles. The minimum atomic E-state index is -0.0493. The van der Waals surface area contributed by atoms with Gasteiger partial charge in [0.05, 0.1) is 7.11 Å². The number of methoxy groups -OCH3 is 1. The predicted molar refractivity (Wildman–Crippen MR) is 78.9 cm³/mol. The fourth-order valence-electron chi connectivity index (χ4n) is 1.73. The third-order valence-corrected chi connectivity index (χ3v) is 2.74. The number of anilines is 1. The summed E-state index contributed by atoms with van der Waals surface area (Å²) in [6.07, 6.45) is 4.96. The highest BCUT2D eigenvalue weighted by molar-refractivity contribution is 6.05. The second-order valence-electron chi connectivity index (χ2n) is 4.28. The maximum atomic E-state index is 12.1. The van der Waals surface area contributed by atoms with Crippen molar-refractivity contribution in [1.82, 2.24) is 4.98 Å². The van der Waals surface area contributed by atoms with Gasteiger partial charge in [0.15, 0.2) is 5.78 Å². The maximum Gasteiger partial charge on any atom is 0.187 e. The van der Waals surface area contributed by atoms with E-state index in [4.69, 9.17) is 4.74 Å². The van der Waals surface area contributed by atoms with Crippen LogP contribution in [0.25, 0.3) is 0 Å². The summed E-state index contributed by atoms with van der Waals surface area (Å²) < 4.78 is 5.06. The lowest BCUT2D eigenvalue weighted by Crippen LogP contribution is -2.01. The van der Waals surface area contributed by atoms with Gasteiger partial charge in [-0.1, -0.05) is 0 Å². The normalized spacial score (nSPS) is 11.0. The van der Waals surface area contributed by atoms with Crippen LogP contribution in [0.3, 0.4) is 0 Å². The molecule has 0 amide bonds. The van der Waals surface area contributed by atoms with Crippen molar-refractivity contribution in [1.29, 1.82) is 0 Å². The number of ketones is 1. The highest BCUT2D eigenvalue weighted by Gasteiger charge is 2.03. The van der Waals surface area contributed by atoms with E-state index < -0.39 is 0 Å². The standard InChI is InChI=1S/C16H16N2O2/c1-12(18-14-7-9-17-10-8-14)11-16(19)13-3-5-15(20-2)6-4-13/h3-11H,1-2H3,(H,17,18). The van der Waals surface area contributed by atoms with Gasteiger partial charge in [0.25, 0.3) is 0 Å². The van der Waals surface area contributed by atoms with Gasteiger partial charge in [-0.3, -0.25) is 9.78 Å². The largest absolute Gasteiger partial charge is 0.497 e. The highest BCUT2D eigenvalue weighted by Crippen LogP contribution is 2.13. The van der Waals surface area contributed by atoms with Crippen molar-refractivity contribution >= 4 is 11.5 Å². The Labute approximate surface area is 118 Å². The molecule has 20 heavy (non-hydrogen) atoms. The van der Waals surface area contributed by atoms with Crippen LogP contribution in [0.5, 0.6) is 5.75 Å². The lowest BCUT2D eigenvalue weighted by atomic mass is 10.1. The molecule has 0 aliphatic heterocycles. The molecule has 0 unspecified atom stereocenters. The Balaban J connectivity index is 2.06. The number of carbonyl (C=O) groups is 1. The van der Waals surface area contributed by atoms with Crippen molar-refractivity contribution in [3.8, 4) is 5.75 Å². The van der Waals surface area contributed by atoms with Crippen LogP contribution in [-0.2, 0) is 0 Å². The fourth-order valence-corrected chi connectivity index (χ4v) is 1.73. The predicted octanol–water partition coefficient (Wildman–Crippen LogP) is 3.29. The van der Waals surface area contributed by atoms with Gasteiger partial charge in [-0.25, -0.2) is 0 Å². The summed E-state index contributed by atoms with van der Waals surface area (Å²) in [7, 11) is 1.60. The van der Waals surface area contributed by atoms with Crippen molar-refractivity contribution in [2.24, 2.45) is 0 Å². The first-order valence-electron chi connectivity index (χ1n) is 6.23. The molecule has 4 heteroatoms. The molecule has 102 valence electrons. The summed E-state index contributed by atoms with van der Waals surface area (Å²) in [5.74, 6) is 0.684. The Hall–Kier alpha value is -2.62. The summed E-state index contributed by atoms with van der Waals surface area (Å²) in [6.45, 7) is 1.85. The van der Waals surface area contributed by atoms with E-state index in [2.05, 4.69) is 10.3 Å². The Morgan fingerprint density at radius 3 is 2.40 bits per heavy atom. The number of rotatable bonds is 5. The molecule has 1 heterocycles. The number of hydrogen-bond acceptors (Lipinski definition) is 4. The van der Waals surface area contributed by atoms with E-state index in [-0.39, 0.29) is 5.78 Å². The number of benzene rings is 1. The van der Waals surface area contributed by atoms with Crippen LogP contribution in [0.4, 0.5) is 5.69 Å². The van der Waals surface area contributed by atoms with E-state index in [1.54, 1.807) is 49.8 Å². The smallest absolute Gasteiger partial charge is 0.187 e. The molecule has 0 aliphatic carbocycles. The molecule has 2 rings (SSSR count). The zero-order chi connectivity index (χ0) is 14.4. The second-order valence-corrected chi connectivity index (χ2v) is 4.28. The number of hydrogen-bond donors (Lipinski definition) is 1. The van der Waals surface area contributed by atoms with E-state index >= 15 is 0 Å². The van der Waals surface area contributed by atoms with Crippen LogP contribution in [0.2, 0.25) is 0 Å². The maximum absolute atomic E-state index is 12.1. The molecule has 1 aromatic carbocycles. The number of pyridine rings is 1. The van der Waals surface area contributed by atoms with Crippen molar-refractivity contribution in [3.63, 3.8) is 0 Å². The summed E-state index contributed by atoms with van der Waals surface area (Å²) in [5, 5.41) is 3.14. The number of aromatic nitrogens is 1. The van der Waals surface area contributed by atoms with Crippen molar-refractivity contribution in [2.75, 3.05) is 12.4 Å². The molecule has 0 spiro atoms. The Morgan fingerprint density at radius 1 is 1.15 bits per heavy atom. The van der Waals surface area contributed by atoms with Gasteiger partial charge in [0.1, 0.15) is 5.75 Å². The molecule has 4 nitrogen and oxygen atoms in total. The van der Waals surface area contributed by atoms with Gasteiger partial charge in [-0.05, 0) is 43.3 Å². The van der Waals surface area contributed by atoms with Gasteiger partial charge in [0, 0.05) is 35.4 Å². The first kappa shape index (κ1) is 13.8. The van der Waals surface area contributed by atoms with E-state index in [1.807, 2.05) is 19.1 Å². The van der Waals surface area contributed by atoms with Crippen molar-refractivity contribution in [2.45, 2.75) is 6.92 Å². The zero-order valence-corrected chi connectivity index (χ0v) is 11.5. The first-order chi connectivity index (χ1) is 9.69. The number of ether oxygens (including phenoxy) is 1. The lowest BCUT2D eigenvalue weighted by molar-refractivity contribution is 0.104. The minimum Gasteiger partial charge on any atom is -0.497 e. The minimum absolute atomic E-state index is 0.0493. The third-order valence-electron chi connectivity index (χ3n) is 2.74. The topological polar surface area (TPSA) is 51.2 Å². The molecule has 0 aliphatic rings. The van der Waals surface area contributed by atoms with Crippen LogP contribution in [0.15, 0.2) is 60.6 Å². The molecule has 0 fully saturated rings. The third kappa shape index (κ3) is 3.68. The monoisotopic (exact) mass is 268 g/mol. The Morgan fingerprint density at radius 2 is 1.80 bits per heavy atom. The molecular formula is C16H16N2O2. The SMILES string of the molecule is COc1ccc(C(=O)C=C(C)Nc2ccncc2)cc1. The molecular weight excluding hydrogens is 252 g/mol. The van der Waals surface area contributed by atoms with Crippen molar-refractivity contribution in [3.05, 3.63) is 66.1 Å². The average Bonchev–Trinajstić information content (AvgIpc) is 2.48. The van der Waals surface area contributed by atoms with Crippen LogP contribution in [0.1, 0.15) is 17.3 Å². The number of nitrogens with zero attached hydrogens (tertiary/aromatic N) is 1. The van der Waals surface area contributed by atoms with E-state index in [0.717, 1.165) is 17.1 Å². The average molecular weight is 268 g/mol. The van der Waals surface area contributed by atoms with Gasteiger partial charge < -0.3 is 10.1 Å². The van der Waals surface area contributed by atoms with Gasteiger partial charge in [0.2, 0.25) is 0 Å². The summed E-state index contributed by atoms with van der Waals surface area (Å²) in [4.78, 5) is 16.0. The Kier molecular flexibility index (Phi) is 4.50. The van der Waals surface area contributed by atoms with E-state index in [0.29, 0.717) is 5.56 Å². The van der Waals surface area contributed by atoms with Crippen LogP contribution >= 0.6 is 0 Å². The van der Waals surface area contributed by atoms with E-state index in [9.17, 15) is 4.79 Å². The molecule has 1 aromatic heterocycles. The van der Waals surface area contributed by atoms with Crippen LogP contribution < -0.4 is 10.1 Å². The van der Waals surface area contributed by atoms with Crippen molar-refractivity contribution < 1.29 is 9.53 Å². The second kappa shape index (κ2) is 6.52. The molecule has 0 atom stereocenters. The van der Waals surface area contributed by atoms with Gasteiger partial charge in [-0.2, -0.15) is 0 Å². The Bertz CT molecular complexity index is 604. The van der Waals surface area contributed by atoms with Crippen LogP contribution in [0, 0.1) is 0 Å². The highest BCUT2D eigenvalue weighted by atomic mass is 16.5. The lowest BCUT2D eigenvalue weighted by Gasteiger charge is -2.06. The zero-order valence-electron chi connectivity index (χ0n) is 11.5. The molecule has 0 radical (unpaired) electrons. The van der Waals surface area contributed by atoms with Crippen LogP contribution in [-0.4, -0.2) is 17.9 Å².